The third kappa shape index (κ3) is 2.28. The molecule has 5 nitrogen and oxygen atoms in total. The van der Waals surface area contributed by atoms with E-state index in [0.29, 0.717) is 0 Å². The second-order valence-electron chi connectivity index (χ2n) is 3.71. The molecule has 5 N–H and O–H groups in total. The van der Waals surface area contributed by atoms with Gasteiger partial charge >= 0.3 is 6.18 Å². The molecule has 0 radical (unpaired) electrons. The lowest BCUT2D eigenvalue weighted by molar-refractivity contribution is -0.141. The second-order valence-corrected chi connectivity index (χ2v) is 3.71. The van der Waals surface area contributed by atoms with E-state index in [2.05, 4.69) is 15.3 Å². The van der Waals surface area contributed by atoms with Gasteiger partial charge < -0.3 is 11.1 Å². The minimum absolute atomic E-state index is 0.177. The summed E-state index contributed by atoms with van der Waals surface area (Å²) < 4.78 is 37.1. The Balaban J connectivity index is 2.33. The van der Waals surface area contributed by atoms with Crippen molar-refractivity contribution in [3.63, 3.8) is 0 Å². The lowest BCUT2D eigenvalue weighted by Gasteiger charge is -2.28. The Labute approximate surface area is 100 Å². The number of halogens is 3. The predicted octanol–water partition coefficient (Wildman–Crippen LogP) is 0.643. The number of nitrogens with two attached hydrogens (primary N) is 2. The van der Waals surface area contributed by atoms with Gasteiger partial charge in [0.15, 0.2) is 0 Å². The quantitative estimate of drug-likeness (QED) is 0.689. The lowest BCUT2D eigenvalue weighted by Crippen LogP contribution is -2.49. The minimum atomic E-state index is -4.48. The van der Waals surface area contributed by atoms with Crippen LogP contribution >= 0.6 is 0 Å². The fourth-order valence-electron chi connectivity index (χ4n) is 1.46. The molecule has 1 aliphatic rings. The van der Waals surface area contributed by atoms with Crippen LogP contribution in [0.1, 0.15) is 11.3 Å². The van der Waals surface area contributed by atoms with Gasteiger partial charge in [-0.05, 0) is 18.2 Å². The summed E-state index contributed by atoms with van der Waals surface area (Å²) in [5.74, 6) is -1.22. The Morgan fingerprint density at radius 3 is 2.50 bits per heavy atom. The maximum Gasteiger partial charge on any atom is 0.433 e. The summed E-state index contributed by atoms with van der Waals surface area (Å²) >= 11 is 0. The Morgan fingerprint density at radius 1 is 1.28 bits per heavy atom. The maximum absolute atomic E-state index is 12.4. The van der Waals surface area contributed by atoms with Crippen LogP contribution in [-0.4, -0.2) is 10.8 Å². The van der Waals surface area contributed by atoms with E-state index in [1.165, 1.54) is 18.3 Å². The van der Waals surface area contributed by atoms with E-state index in [9.17, 15) is 13.2 Å². The summed E-state index contributed by atoms with van der Waals surface area (Å²) in [6.07, 6.45) is -0.503. The lowest BCUT2D eigenvalue weighted by atomic mass is 10.1. The van der Waals surface area contributed by atoms with Crippen LogP contribution in [0.15, 0.2) is 35.6 Å². The Hall–Kier alpha value is -2.09. The topological polar surface area (TPSA) is 89.3 Å². The molecular weight excluding hydrogens is 247 g/mol. The van der Waals surface area contributed by atoms with Crippen molar-refractivity contribution in [2.24, 2.45) is 16.5 Å². The van der Waals surface area contributed by atoms with Crippen molar-refractivity contribution in [2.75, 3.05) is 0 Å². The van der Waals surface area contributed by atoms with Crippen molar-refractivity contribution in [3.8, 4) is 0 Å². The molecule has 18 heavy (non-hydrogen) atoms. The molecule has 1 unspecified atom stereocenters. The van der Waals surface area contributed by atoms with Gasteiger partial charge in [0.05, 0.1) is 0 Å². The Morgan fingerprint density at radius 2 is 2.00 bits per heavy atom. The van der Waals surface area contributed by atoms with Crippen LogP contribution in [0.5, 0.6) is 0 Å². The van der Waals surface area contributed by atoms with Crippen molar-refractivity contribution >= 4 is 5.84 Å². The van der Waals surface area contributed by atoms with Gasteiger partial charge in [0.1, 0.15) is 11.5 Å². The number of hydrogen-bond acceptors (Lipinski definition) is 5. The zero-order chi connectivity index (χ0) is 13.4. The zero-order valence-corrected chi connectivity index (χ0v) is 9.07. The van der Waals surface area contributed by atoms with Crippen LogP contribution < -0.4 is 16.8 Å². The van der Waals surface area contributed by atoms with E-state index < -0.39 is 17.7 Å². The molecule has 0 spiro atoms. The third-order valence-electron chi connectivity index (χ3n) is 2.36. The number of rotatable bonds is 1. The minimum Gasteiger partial charge on any atom is -0.384 e. The van der Waals surface area contributed by atoms with Crippen LogP contribution in [0.25, 0.3) is 0 Å². The smallest absolute Gasteiger partial charge is 0.384 e. The van der Waals surface area contributed by atoms with E-state index in [4.69, 9.17) is 11.5 Å². The van der Waals surface area contributed by atoms with Crippen LogP contribution in [0.4, 0.5) is 13.2 Å². The average Bonchev–Trinajstić information content (AvgIpc) is 2.28. The molecule has 96 valence electrons. The first-order valence-electron chi connectivity index (χ1n) is 4.93. The summed E-state index contributed by atoms with van der Waals surface area (Å²) in [5, 5.41) is 2.71. The number of amidine groups is 1. The van der Waals surface area contributed by atoms with Crippen molar-refractivity contribution in [3.05, 3.63) is 41.9 Å². The number of nitrogens with zero attached hydrogens (tertiary/aromatic N) is 2. The van der Waals surface area contributed by atoms with E-state index in [1.807, 2.05) is 0 Å². The van der Waals surface area contributed by atoms with Crippen LogP contribution in [0, 0.1) is 0 Å². The fourth-order valence-corrected chi connectivity index (χ4v) is 1.46. The number of alkyl halides is 3. The van der Waals surface area contributed by atoms with E-state index in [0.717, 1.165) is 12.3 Å². The summed E-state index contributed by atoms with van der Waals surface area (Å²) in [5.41, 5.74) is 10.7. The molecule has 1 atom stereocenters. The standard InChI is InChI=1S/C10H10F3N5/c11-9(12,13)7-2-1-6(5-16-7)10(15)17-4-3-8(14)18-10/h1-5,17H,15H2,(H2,14,18). The molecule has 1 aliphatic heterocycles. The van der Waals surface area contributed by atoms with Crippen LogP contribution in [-0.2, 0) is 12.0 Å². The highest BCUT2D eigenvalue weighted by Gasteiger charge is 2.34. The van der Waals surface area contributed by atoms with E-state index in [-0.39, 0.29) is 11.4 Å². The fraction of sp³-hybridized carbons (Fsp3) is 0.200. The van der Waals surface area contributed by atoms with Gasteiger partial charge in [-0.15, -0.1) is 0 Å². The SMILES string of the molecule is NC1=NC(N)(c2ccc(C(F)(F)F)nc2)NC=C1. The Bertz CT molecular complexity index is 505. The van der Waals surface area contributed by atoms with Crippen LogP contribution in [0.3, 0.4) is 0 Å². The highest BCUT2D eigenvalue weighted by atomic mass is 19.4. The number of nitrogens with one attached hydrogen (secondary N) is 1. The normalized spacial score (nSPS) is 23.4. The first-order chi connectivity index (χ1) is 8.31. The summed E-state index contributed by atoms with van der Waals surface area (Å²) in [6, 6.07) is 2.05. The number of hydrogen-bond donors (Lipinski definition) is 3. The molecule has 1 aromatic rings. The third-order valence-corrected chi connectivity index (χ3v) is 2.36. The highest BCUT2D eigenvalue weighted by molar-refractivity contribution is 5.92. The van der Waals surface area contributed by atoms with Gasteiger partial charge in [-0.2, -0.15) is 13.2 Å². The van der Waals surface area contributed by atoms with Crippen molar-refractivity contribution in [2.45, 2.75) is 12.0 Å². The van der Waals surface area contributed by atoms with Gasteiger partial charge in [0.2, 0.25) is 5.79 Å². The molecule has 0 aromatic carbocycles. The largest absolute Gasteiger partial charge is 0.433 e. The van der Waals surface area contributed by atoms with Crippen molar-refractivity contribution < 1.29 is 13.2 Å². The molecule has 0 saturated heterocycles. The highest BCUT2D eigenvalue weighted by Crippen LogP contribution is 2.28. The molecule has 2 heterocycles. The number of aromatic nitrogens is 1. The average molecular weight is 257 g/mol. The number of pyridine rings is 1. The monoisotopic (exact) mass is 257 g/mol. The zero-order valence-electron chi connectivity index (χ0n) is 9.07. The maximum atomic E-state index is 12.4. The Kier molecular flexibility index (Phi) is 2.74. The van der Waals surface area contributed by atoms with Gasteiger partial charge in [0.25, 0.3) is 0 Å². The first-order valence-corrected chi connectivity index (χ1v) is 4.93. The predicted molar refractivity (Wildman–Crippen MR) is 59.0 cm³/mol. The first kappa shape index (κ1) is 12.4. The van der Waals surface area contributed by atoms with Gasteiger partial charge in [-0.25, -0.2) is 4.99 Å². The molecule has 0 saturated carbocycles. The van der Waals surface area contributed by atoms with E-state index >= 15 is 0 Å². The second kappa shape index (κ2) is 3.98. The summed E-state index contributed by atoms with van der Waals surface area (Å²) in [6.45, 7) is 0. The van der Waals surface area contributed by atoms with Gasteiger partial charge in [0, 0.05) is 18.0 Å². The molecule has 0 fully saturated rings. The molecule has 0 amide bonds. The van der Waals surface area contributed by atoms with Gasteiger partial charge in [-0.3, -0.25) is 10.7 Å². The summed E-state index contributed by atoms with van der Waals surface area (Å²) in [7, 11) is 0. The summed E-state index contributed by atoms with van der Waals surface area (Å²) in [4.78, 5) is 7.25. The molecule has 8 heteroatoms. The molecule has 2 rings (SSSR count). The molecule has 0 bridgehead atoms. The van der Waals surface area contributed by atoms with Gasteiger partial charge in [-0.1, -0.05) is 0 Å². The molecule has 1 aromatic heterocycles. The van der Waals surface area contributed by atoms with Crippen molar-refractivity contribution in [1.29, 1.82) is 0 Å². The van der Waals surface area contributed by atoms with E-state index in [1.54, 1.807) is 0 Å². The van der Waals surface area contributed by atoms with Crippen molar-refractivity contribution in [1.82, 2.24) is 10.3 Å². The molecule has 0 aliphatic carbocycles. The van der Waals surface area contributed by atoms with Crippen LogP contribution in [0.2, 0.25) is 0 Å². The molecular formula is C10H10F3N5. The number of aliphatic imine (C=N–C) groups is 1.